The predicted molar refractivity (Wildman–Crippen MR) is 85.1 cm³/mol. The maximum Gasteiger partial charge on any atom is 0.258 e. The standard InChI is InChI=1S/C17H14F2N4O/c1-10-8-11(2)23(22-10)15-7-6-12(9-20-15)21-17(24)13-4-3-5-14(18)16(13)19/h3-9H,1-2H3,(H,21,24). The van der Waals surface area contributed by atoms with Gasteiger partial charge in [-0.15, -0.1) is 0 Å². The van der Waals surface area contributed by atoms with Crippen molar-refractivity contribution in [3.63, 3.8) is 0 Å². The molecule has 0 aliphatic heterocycles. The number of hydrogen-bond donors (Lipinski definition) is 1. The van der Waals surface area contributed by atoms with Gasteiger partial charge < -0.3 is 5.32 Å². The SMILES string of the molecule is Cc1cc(C)n(-c2ccc(NC(=O)c3cccc(F)c3F)cn2)n1. The number of halogens is 2. The molecule has 0 unspecified atom stereocenters. The third-order valence-electron chi connectivity index (χ3n) is 3.43. The maximum absolute atomic E-state index is 13.6. The van der Waals surface area contributed by atoms with Gasteiger partial charge in [0.15, 0.2) is 17.5 Å². The largest absolute Gasteiger partial charge is 0.320 e. The summed E-state index contributed by atoms with van der Waals surface area (Å²) < 4.78 is 28.5. The van der Waals surface area contributed by atoms with E-state index in [0.29, 0.717) is 11.5 Å². The molecule has 24 heavy (non-hydrogen) atoms. The van der Waals surface area contributed by atoms with E-state index >= 15 is 0 Å². The van der Waals surface area contributed by atoms with Gasteiger partial charge in [-0.3, -0.25) is 4.79 Å². The molecular formula is C17H14F2N4O. The molecule has 0 aliphatic carbocycles. The Morgan fingerprint density at radius 3 is 2.58 bits per heavy atom. The number of carbonyl (C=O) groups excluding carboxylic acids is 1. The molecule has 0 aliphatic rings. The minimum Gasteiger partial charge on any atom is -0.320 e. The molecule has 0 saturated heterocycles. The van der Waals surface area contributed by atoms with E-state index in [9.17, 15) is 13.6 Å². The summed E-state index contributed by atoms with van der Waals surface area (Å²) in [5.74, 6) is -2.40. The smallest absolute Gasteiger partial charge is 0.258 e. The first-order valence-electron chi connectivity index (χ1n) is 7.21. The van der Waals surface area contributed by atoms with Gasteiger partial charge in [0.25, 0.3) is 5.91 Å². The average Bonchev–Trinajstić information content (AvgIpc) is 2.89. The van der Waals surface area contributed by atoms with Gasteiger partial charge in [0.05, 0.1) is 23.1 Å². The van der Waals surface area contributed by atoms with Crippen LogP contribution in [0.4, 0.5) is 14.5 Å². The van der Waals surface area contributed by atoms with Crippen molar-refractivity contribution < 1.29 is 13.6 Å². The molecule has 0 bridgehead atoms. The fourth-order valence-corrected chi connectivity index (χ4v) is 2.32. The van der Waals surface area contributed by atoms with Crippen LogP contribution in [0.1, 0.15) is 21.7 Å². The zero-order chi connectivity index (χ0) is 17.3. The zero-order valence-electron chi connectivity index (χ0n) is 13.0. The second kappa shape index (κ2) is 6.19. The fraction of sp³-hybridized carbons (Fsp3) is 0.118. The Morgan fingerprint density at radius 1 is 1.17 bits per heavy atom. The monoisotopic (exact) mass is 328 g/mol. The van der Waals surface area contributed by atoms with E-state index in [1.165, 1.54) is 18.3 Å². The molecule has 0 radical (unpaired) electrons. The second-order valence-corrected chi connectivity index (χ2v) is 5.30. The van der Waals surface area contributed by atoms with Crippen LogP contribution in [0.15, 0.2) is 42.6 Å². The van der Waals surface area contributed by atoms with Crippen molar-refractivity contribution in [1.82, 2.24) is 14.8 Å². The van der Waals surface area contributed by atoms with Gasteiger partial charge in [0.1, 0.15) is 0 Å². The van der Waals surface area contributed by atoms with E-state index in [2.05, 4.69) is 15.4 Å². The number of benzene rings is 1. The summed E-state index contributed by atoms with van der Waals surface area (Å²) in [5.41, 5.74) is 1.80. The van der Waals surface area contributed by atoms with Crippen LogP contribution >= 0.6 is 0 Å². The number of amides is 1. The molecule has 0 fully saturated rings. The van der Waals surface area contributed by atoms with Crippen molar-refractivity contribution in [2.45, 2.75) is 13.8 Å². The summed E-state index contributed by atoms with van der Waals surface area (Å²) >= 11 is 0. The molecule has 2 aromatic heterocycles. The Morgan fingerprint density at radius 2 is 1.96 bits per heavy atom. The Bertz CT molecular complexity index is 903. The van der Waals surface area contributed by atoms with Crippen LogP contribution in [-0.2, 0) is 0 Å². The number of rotatable bonds is 3. The quantitative estimate of drug-likeness (QED) is 0.801. The second-order valence-electron chi connectivity index (χ2n) is 5.30. The van der Waals surface area contributed by atoms with Crippen LogP contribution in [0.3, 0.4) is 0 Å². The van der Waals surface area contributed by atoms with Crippen LogP contribution in [0.5, 0.6) is 0 Å². The highest BCUT2D eigenvalue weighted by molar-refractivity contribution is 6.04. The van der Waals surface area contributed by atoms with Gasteiger partial charge in [0.2, 0.25) is 0 Å². The molecule has 0 saturated carbocycles. The average molecular weight is 328 g/mol. The minimum atomic E-state index is -1.18. The lowest BCUT2D eigenvalue weighted by Crippen LogP contribution is -2.15. The van der Waals surface area contributed by atoms with E-state index in [4.69, 9.17) is 0 Å². The molecule has 7 heteroatoms. The van der Waals surface area contributed by atoms with Gasteiger partial charge in [-0.2, -0.15) is 5.10 Å². The summed E-state index contributed by atoms with van der Waals surface area (Å²) in [6.45, 7) is 3.79. The lowest BCUT2D eigenvalue weighted by molar-refractivity contribution is 0.102. The molecule has 122 valence electrons. The van der Waals surface area contributed by atoms with Crippen molar-refractivity contribution in [1.29, 1.82) is 0 Å². The number of aromatic nitrogens is 3. The van der Waals surface area contributed by atoms with Crippen molar-refractivity contribution in [2.24, 2.45) is 0 Å². The predicted octanol–water partition coefficient (Wildman–Crippen LogP) is 3.41. The van der Waals surface area contributed by atoms with Gasteiger partial charge >= 0.3 is 0 Å². The molecule has 2 heterocycles. The number of hydrogen-bond acceptors (Lipinski definition) is 3. The first-order chi connectivity index (χ1) is 11.5. The highest BCUT2D eigenvalue weighted by Gasteiger charge is 2.15. The molecule has 3 aromatic rings. The molecule has 3 rings (SSSR count). The summed E-state index contributed by atoms with van der Waals surface area (Å²) in [6.07, 6.45) is 1.43. The van der Waals surface area contributed by atoms with E-state index in [1.54, 1.807) is 16.8 Å². The van der Waals surface area contributed by atoms with Gasteiger partial charge in [-0.1, -0.05) is 6.07 Å². The number of pyridine rings is 1. The third-order valence-corrected chi connectivity index (χ3v) is 3.43. The van der Waals surface area contributed by atoms with Crippen molar-refractivity contribution in [3.05, 3.63) is 71.2 Å². The molecule has 1 amide bonds. The Labute approximate surface area is 137 Å². The highest BCUT2D eigenvalue weighted by Crippen LogP contribution is 2.16. The first-order valence-corrected chi connectivity index (χ1v) is 7.21. The number of anilines is 1. The summed E-state index contributed by atoms with van der Waals surface area (Å²) in [7, 11) is 0. The van der Waals surface area contributed by atoms with E-state index < -0.39 is 17.5 Å². The lowest BCUT2D eigenvalue weighted by atomic mass is 10.2. The van der Waals surface area contributed by atoms with Crippen LogP contribution in [0.25, 0.3) is 5.82 Å². The summed E-state index contributed by atoms with van der Waals surface area (Å²) in [4.78, 5) is 16.3. The Hall–Kier alpha value is -3.09. The van der Waals surface area contributed by atoms with E-state index in [1.807, 2.05) is 19.9 Å². The fourth-order valence-electron chi connectivity index (χ4n) is 2.32. The van der Waals surface area contributed by atoms with Crippen molar-refractivity contribution in [2.75, 3.05) is 5.32 Å². The Balaban J connectivity index is 1.80. The van der Waals surface area contributed by atoms with Crippen molar-refractivity contribution in [3.8, 4) is 5.82 Å². The molecule has 1 aromatic carbocycles. The van der Waals surface area contributed by atoms with Crippen molar-refractivity contribution >= 4 is 11.6 Å². The van der Waals surface area contributed by atoms with Crippen LogP contribution in [0.2, 0.25) is 0 Å². The number of aryl methyl sites for hydroxylation is 2. The molecule has 5 nitrogen and oxygen atoms in total. The molecule has 0 spiro atoms. The van der Waals surface area contributed by atoms with Crippen LogP contribution in [0, 0.1) is 25.5 Å². The lowest BCUT2D eigenvalue weighted by Gasteiger charge is -2.08. The van der Waals surface area contributed by atoms with Gasteiger partial charge in [-0.05, 0) is 44.2 Å². The number of carbonyl (C=O) groups is 1. The Kier molecular flexibility index (Phi) is 4.07. The normalized spacial score (nSPS) is 10.7. The zero-order valence-corrected chi connectivity index (χ0v) is 13.0. The highest BCUT2D eigenvalue weighted by atomic mass is 19.2. The molecular weight excluding hydrogens is 314 g/mol. The van der Waals surface area contributed by atoms with Crippen LogP contribution in [-0.4, -0.2) is 20.7 Å². The summed E-state index contributed by atoms with van der Waals surface area (Å²) in [6, 6.07) is 8.66. The van der Waals surface area contributed by atoms with Gasteiger partial charge in [0, 0.05) is 5.69 Å². The van der Waals surface area contributed by atoms with Crippen LogP contribution < -0.4 is 5.32 Å². The topological polar surface area (TPSA) is 59.8 Å². The first kappa shape index (κ1) is 15.8. The maximum atomic E-state index is 13.6. The summed E-state index contributed by atoms with van der Waals surface area (Å²) in [5, 5.41) is 6.80. The number of nitrogens with one attached hydrogen (secondary N) is 1. The number of nitrogens with zero attached hydrogens (tertiary/aromatic N) is 3. The minimum absolute atomic E-state index is 0.363. The third kappa shape index (κ3) is 3.01. The molecule has 1 N–H and O–H groups in total. The van der Waals surface area contributed by atoms with E-state index in [-0.39, 0.29) is 5.56 Å². The van der Waals surface area contributed by atoms with E-state index in [0.717, 1.165) is 17.5 Å². The molecule has 0 atom stereocenters. The van der Waals surface area contributed by atoms with Gasteiger partial charge in [-0.25, -0.2) is 18.4 Å².